The Labute approximate surface area is 747 Å². The van der Waals surface area contributed by atoms with Crippen molar-refractivity contribution in [3.05, 3.63) is 428 Å². The number of amides is 6. The van der Waals surface area contributed by atoms with Gasteiger partial charge in [0.25, 0.3) is 5.91 Å². The van der Waals surface area contributed by atoms with Gasteiger partial charge in [-0.2, -0.15) is 0 Å². The Morgan fingerprint density at radius 2 is 0.554 bits per heavy atom. The lowest BCUT2D eigenvalue weighted by Gasteiger charge is -2.25. The molecule has 130 heavy (non-hydrogen) atoms. The largest absolute Gasteiger partial charge is 0.395 e. The van der Waals surface area contributed by atoms with Gasteiger partial charge >= 0.3 is 0 Å². The number of aliphatic hydroxyl groups is 2. The predicted octanol–water partition coefficient (Wildman–Crippen LogP) is 19.4. The van der Waals surface area contributed by atoms with Crippen molar-refractivity contribution in [2.24, 2.45) is 11.5 Å². The molecule has 12 aromatic carbocycles. The summed E-state index contributed by atoms with van der Waals surface area (Å²) in [6.45, 7) is 8.26. The molecule has 27 heteroatoms. The molecule has 0 heterocycles. The van der Waals surface area contributed by atoms with Crippen LogP contribution in [0.3, 0.4) is 0 Å². The van der Waals surface area contributed by atoms with Crippen molar-refractivity contribution in [1.29, 1.82) is 0 Å². The van der Waals surface area contributed by atoms with Crippen LogP contribution in [-0.4, -0.2) is 114 Å². The van der Waals surface area contributed by atoms with Gasteiger partial charge in [-0.05, 0) is 240 Å². The molecule has 12 aromatic rings. The first-order valence-electron chi connectivity index (χ1n) is 41.4. The molecule has 0 aliphatic carbocycles. The number of nitrogens with one attached hydrogen (secondary N) is 2. The van der Waals surface area contributed by atoms with Gasteiger partial charge in [0.2, 0.25) is 35.3 Å². The van der Waals surface area contributed by atoms with Crippen molar-refractivity contribution < 1.29 is 96.5 Å². The van der Waals surface area contributed by atoms with Crippen LogP contribution < -0.4 is 22.1 Å². The summed E-state index contributed by atoms with van der Waals surface area (Å²) in [5.41, 5.74) is 17.0. The molecule has 8 N–H and O–H groups in total. The van der Waals surface area contributed by atoms with E-state index in [1.165, 1.54) is 163 Å². The van der Waals surface area contributed by atoms with Crippen LogP contribution in [0.4, 0.5) is 52.7 Å². The molecule has 6 amide bonds. The Kier molecular flexibility index (Phi) is 41.2. The fraction of sp³-hybridized carbons (Fsp3) is 0.233. The van der Waals surface area contributed by atoms with Gasteiger partial charge in [0.1, 0.15) is 69.8 Å². The van der Waals surface area contributed by atoms with Crippen molar-refractivity contribution in [1.82, 2.24) is 20.4 Å². The zero-order valence-corrected chi connectivity index (χ0v) is 72.3. The van der Waals surface area contributed by atoms with Crippen LogP contribution >= 0.6 is 0 Å². The first-order chi connectivity index (χ1) is 61.9. The fourth-order valence-corrected chi connectivity index (χ4v) is 14.0. The Balaban J connectivity index is 0.000000214. The third-order valence-corrected chi connectivity index (χ3v) is 20.6. The highest BCUT2D eigenvalue weighted by atomic mass is 19.2. The first kappa shape index (κ1) is 103. The van der Waals surface area contributed by atoms with Crippen LogP contribution in [-0.2, 0) is 33.6 Å². The minimum Gasteiger partial charge on any atom is -0.395 e. The lowest BCUT2D eigenvalue weighted by molar-refractivity contribution is -0.136. The number of primary amides is 2. The normalized spacial score (nSPS) is 10.9. The number of halogens is 12. The van der Waals surface area contributed by atoms with E-state index >= 15 is 0 Å². The van der Waals surface area contributed by atoms with Gasteiger partial charge in [-0.15, -0.1) is 0 Å². The Morgan fingerprint density at radius 1 is 0.315 bits per heavy atom. The molecule has 0 bridgehead atoms. The zero-order valence-electron chi connectivity index (χ0n) is 72.3. The fourth-order valence-electron chi connectivity index (χ4n) is 14.0. The molecule has 0 aromatic heterocycles. The molecule has 12 rings (SSSR count). The lowest BCUT2D eigenvalue weighted by atomic mass is 9.87. The second-order valence-corrected chi connectivity index (χ2v) is 31.0. The molecular formula is C103H102F12N6O9. The average Bonchev–Trinajstić information content (AvgIpc) is 0.831. The number of carbonyl (C=O) groups excluding carboxylic acids is 7. The second kappa shape index (κ2) is 51.9. The number of nitrogens with zero attached hydrogens (tertiary/aromatic N) is 2. The molecule has 682 valence electrons. The van der Waals surface area contributed by atoms with E-state index in [2.05, 4.69) is 10.6 Å². The maximum absolute atomic E-state index is 13.6. The number of nitrogens with two attached hydrogens (primary N) is 2. The zero-order chi connectivity index (χ0) is 95.2. The van der Waals surface area contributed by atoms with E-state index in [9.17, 15) is 91.4 Å². The predicted molar refractivity (Wildman–Crippen MR) is 475 cm³/mol. The van der Waals surface area contributed by atoms with Crippen LogP contribution in [0.25, 0.3) is 0 Å². The summed E-state index contributed by atoms with van der Waals surface area (Å²) in [4.78, 5) is 85.7. The highest BCUT2D eigenvalue weighted by molar-refractivity contribution is 6.35. The topological polar surface area (TPSA) is 243 Å². The van der Waals surface area contributed by atoms with Crippen molar-refractivity contribution in [2.45, 2.75) is 107 Å². The number of aliphatic hydroxyl groups excluding tert-OH is 2. The Bertz CT molecular complexity index is 5430. The van der Waals surface area contributed by atoms with E-state index in [4.69, 9.17) is 16.6 Å². The van der Waals surface area contributed by atoms with E-state index in [1.54, 1.807) is 166 Å². The first-order valence-corrected chi connectivity index (χ1v) is 41.4. The van der Waals surface area contributed by atoms with Crippen LogP contribution in [0.2, 0.25) is 0 Å². The number of rotatable bonds is 31. The minimum absolute atomic E-state index is 0.0199. The van der Waals surface area contributed by atoms with Crippen LogP contribution in [0.5, 0.6) is 0 Å². The van der Waals surface area contributed by atoms with Crippen molar-refractivity contribution in [3.8, 4) is 0 Å². The minimum atomic E-state index is -1.06. The Morgan fingerprint density at radius 3 is 0.777 bits per heavy atom. The number of Topliss-reactive ketones (excluding diaryl/α,β-unsaturated/α-hetero) is 1. The highest BCUT2D eigenvalue weighted by Gasteiger charge is 2.29. The van der Waals surface area contributed by atoms with Gasteiger partial charge in [0.05, 0.1) is 18.8 Å². The van der Waals surface area contributed by atoms with E-state index in [1.807, 2.05) is 13.8 Å². The maximum atomic E-state index is 13.6. The van der Waals surface area contributed by atoms with E-state index in [-0.39, 0.29) is 135 Å². The molecule has 0 fully saturated rings. The van der Waals surface area contributed by atoms with Gasteiger partial charge in [-0.1, -0.05) is 146 Å². The maximum Gasteiger partial charge on any atom is 0.284 e. The number of hydrogen-bond donors (Lipinski definition) is 6. The molecule has 0 radical (unpaired) electrons. The van der Waals surface area contributed by atoms with E-state index < -0.39 is 75.8 Å². The quantitative estimate of drug-likeness (QED) is 0.0179. The van der Waals surface area contributed by atoms with Crippen molar-refractivity contribution in [2.75, 3.05) is 46.9 Å². The van der Waals surface area contributed by atoms with Crippen LogP contribution in [0, 0.1) is 69.8 Å². The molecule has 0 saturated carbocycles. The van der Waals surface area contributed by atoms with Crippen molar-refractivity contribution in [3.63, 3.8) is 0 Å². The summed E-state index contributed by atoms with van der Waals surface area (Å²) in [7, 11) is 3.33. The summed E-state index contributed by atoms with van der Waals surface area (Å²) < 4.78 is 161. The highest BCUT2D eigenvalue weighted by Crippen LogP contribution is 2.36. The molecule has 0 aliphatic heterocycles. The number of ketones is 1. The van der Waals surface area contributed by atoms with Gasteiger partial charge in [0, 0.05) is 108 Å². The summed E-state index contributed by atoms with van der Waals surface area (Å²) in [6.07, 6.45) is 0.289. The summed E-state index contributed by atoms with van der Waals surface area (Å²) in [5.74, 6) is -10.3. The molecule has 0 aliphatic rings. The van der Waals surface area contributed by atoms with Gasteiger partial charge in [0.15, 0.2) is 0 Å². The van der Waals surface area contributed by atoms with Gasteiger partial charge in [-0.3, -0.25) is 33.6 Å². The van der Waals surface area contributed by atoms with E-state index in [0.29, 0.717) is 68.7 Å². The van der Waals surface area contributed by atoms with Crippen molar-refractivity contribution >= 4 is 41.2 Å². The van der Waals surface area contributed by atoms with Gasteiger partial charge in [-0.25, -0.2) is 52.7 Å². The molecule has 0 unspecified atom stereocenters. The monoisotopic (exact) mass is 1790 g/mol. The average molecular weight is 1800 g/mol. The Hall–Kier alpha value is -13.8. The number of carbonyl (C=O) groups is 7. The standard InChI is InChI=1S/C19H21F2NO2.C19H21F2NO.C17H17F2NO2.C17H17F2NO.C16H13F2NO2.C15H13F2NO/c1-19(2,12-23)22-18(24)11-17(13-5-3-7-15(20)9-13)14-6-4-8-16(21)10-14;1-3-22(4-2)19(23)13-18(14-7-5-9-16(20)11-14)15-8-6-10-17(21)12-15;18-14-5-1-3-12(9-14)16(11-17(22)20-7-8-21)13-4-2-6-15(19)10-13;1-20(2)17(21)11-16(12-5-3-7-14(18)9-12)13-6-4-8-15(19)10-13;17-12-5-1-3-10(7-12)14(9-15(20)16(19)21)11-4-2-6-13(18)8-11;16-12-5-1-10(2-6-12)14(9-15(18)19)11-3-7-13(17)8-4-11/h3-10,17,23H,11-12H2,1-2H3,(H,22,24);5-12,18H,3-4,13H2,1-2H3;1-6,9-10,16,21H,7-8,11H2,(H,20,22);3-10,16H,11H2,1-2H3;1-8,14H,9H2,(H2,19,21);1-8,14H,9H2,(H2,18,19). The van der Waals surface area contributed by atoms with E-state index in [0.717, 1.165) is 11.1 Å². The number of hydrogen-bond acceptors (Lipinski definition) is 9. The second-order valence-electron chi connectivity index (χ2n) is 31.0. The van der Waals surface area contributed by atoms with Gasteiger partial charge < -0.3 is 42.1 Å². The smallest absolute Gasteiger partial charge is 0.284 e. The summed E-state index contributed by atoms with van der Waals surface area (Å²) >= 11 is 0. The molecule has 0 spiro atoms. The molecular weight excluding hydrogens is 1690 g/mol. The summed E-state index contributed by atoms with van der Waals surface area (Å²) in [6, 6.07) is 71.2. The third-order valence-electron chi connectivity index (χ3n) is 20.6. The number of benzene rings is 12. The molecule has 15 nitrogen and oxygen atoms in total. The van der Waals surface area contributed by atoms with Crippen LogP contribution in [0.1, 0.15) is 168 Å². The molecule has 0 saturated heterocycles. The van der Waals surface area contributed by atoms with Crippen LogP contribution in [0.15, 0.2) is 291 Å². The third kappa shape index (κ3) is 34.4. The molecule has 0 atom stereocenters. The lowest BCUT2D eigenvalue weighted by Crippen LogP contribution is -2.46. The SMILES string of the molecule is CC(C)(CO)NC(=O)CC(c1cccc(F)c1)c1cccc(F)c1.CCN(CC)C(=O)CC(c1cccc(F)c1)c1cccc(F)c1.CN(C)C(=O)CC(c1cccc(F)c1)c1cccc(F)c1.NC(=O)C(=O)CC(c1cccc(F)c1)c1cccc(F)c1.NC(=O)CC(c1ccc(F)cc1)c1ccc(F)cc1.O=C(CC(c1cccc(F)c1)c1cccc(F)c1)NCCO. The summed E-state index contributed by atoms with van der Waals surface area (Å²) in [5, 5.41) is 23.3.